The highest BCUT2D eigenvalue weighted by Crippen LogP contribution is 2.23. The number of piperidine rings is 1. The van der Waals surface area contributed by atoms with Crippen molar-refractivity contribution < 1.29 is 9.90 Å². The monoisotopic (exact) mass is 313 g/mol. The van der Waals surface area contributed by atoms with Gasteiger partial charge in [-0.05, 0) is 44.0 Å². The number of nitrogens with zero attached hydrogens (tertiary/aromatic N) is 1. The SMILES string of the molecule is CC1(O)CCCN(C(=O)CCSc2ccc(Cl)cc2)C1. The molecule has 110 valence electrons. The van der Waals surface area contributed by atoms with Crippen molar-refractivity contribution in [3.05, 3.63) is 29.3 Å². The lowest BCUT2D eigenvalue weighted by molar-refractivity contribution is -0.137. The molecular formula is C15H20ClNO2S. The van der Waals surface area contributed by atoms with Gasteiger partial charge in [-0.2, -0.15) is 0 Å². The fourth-order valence-electron chi connectivity index (χ4n) is 2.38. The largest absolute Gasteiger partial charge is 0.388 e. The molecule has 5 heteroatoms. The summed E-state index contributed by atoms with van der Waals surface area (Å²) in [6.07, 6.45) is 2.16. The van der Waals surface area contributed by atoms with Crippen LogP contribution in [0.2, 0.25) is 5.02 Å². The minimum absolute atomic E-state index is 0.131. The summed E-state index contributed by atoms with van der Waals surface area (Å²) in [5, 5.41) is 10.7. The first kappa shape index (κ1) is 15.7. The normalized spacial score (nSPS) is 22.9. The third kappa shape index (κ3) is 4.69. The van der Waals surface area contributed by atoms with E-state index in [4.69, 9.17) is 11.6 Å². The minimum atomic E-state index is -0.725. The predicted octanol–water partition coefficient (Wildman–Crippen LogP) is 3.20. The van der Waals surface area contributed by atoms with Crippen LogP contribution in [0.25, 0.3) is 0 Å². The second kappa shape index (κ2) is 6.83. The number of halogens is 1. The van der Waals surface area contributed by atoms with E-state index in [9.17, 15) is 9.90 Å². The summed E-state index contributed by atoms with van der Waals surface area (Å²) in [7, 11) is 0. The summed E-state index contributed by atoms with van der Waals surface area (Å²) in [6.45, 7) is 3.02. The van der Waals surface area contributed by atoms with Gasteiger partial charge in [0.05, 0.1) is 5.60 Å². The van der Waals surface area contributed by atoms with Crippen LogP contribution in [0.3, 0.4) is 0 Å². The summed E-state index contributed by atoms with van der Waals surface area (Å²) < 4.78 is 0. The molecule has 1 amide bonds. The van der Waals surface area contributed by atoms with Gasteiger partial charge in [-0.15, -0.1) is 11.8 Å². The van der Waals surface area contributed by atoms with Gasteiger partial charge in [0.15, 0.2) is 0 Å². The van der Waals surface area contributed by atoms with Gasteiger partial charge >= 0.3 is 0 Å². The highest BCUT2D eigenvalue weighted by molar-refractivity contribution is 7.99. The van der Waals surface area contributed by atoms with Crippen molar-refractivity contribution in [3.8, 4) is 0 Å². The fourth-order valence-corrected chi connectivity index (χ4v) is 3.34. The van der Waals surface area contributed by atoms with E-state index in [1.165, 1.54) is 0 Å². The quantitative estimate of drug-likeness (QED) is 0.868. The Morgan fingerprint density at radius 1 is 1.45 bits per heavy atom. The molecule has 1 aromatic carbocycles. The van der Waals surface area contributed by atoms with Crippen molar-refractivity contribution in [2.45, 2.75) is 36.7 Å². The minimum Gasteiger partial charge on any atom is -0.388 e. The van der Waals surface area contributed by atoms with E-state index in [-0.39, 0.29) is 5.91 Å². The Labute approximate surface area is 129 Å². The van der Waals surface area contributed by atoms with Gasteiger partial charge in [-0.3, -0.25) is 4.79 Å². The Morgan fingerprint density at radius 2 is 2.15 bits per heavy atom. The smallest absolute Gasteiger partial charge is 0.223 e. The molecule has 0 aliphatic carbocycles. The van der Waals surface area contributed by atoms with Crippen LogP contribution in [-0.2, 0) is 4.79 Å². The Balaban J connectivity index is 1.76. The second-order valence-electron chi connectivity index (χ2n) is 5.47. The van der Waals surface area contributed by atoms with Crippen LogP contribution < -0.4 is 0 Å². The zero-order chi connectivity index (χ0) is 14.6. The van der Waals surface area contributed by atoms with Crippen LogP contribution in [0, 0.1) is 0 Å². The number of hydrogen-bond acceptors (Lipinski definition) is 3. The number of rotatable bonds is 4. The van der Waals surface area contributed by atoms with Gasteiger partial charge in [0, 0.05) is 35.2 Å². The average Bonchev–Trinajstić information content (AvgIpc) is 2.40. The number of amides is 1. The lowest BCUT2D eigenvalue weighted by Crippen LogP contribution is -2.48. The van der Waals surface area contributed by atoms with Gasteiger partial charge in [-0.1, -0.05) is 11.6 Å². The number of hydrogen-bond donors (Lipinski definition) is 1. The van der Waals surface area contributed by atoms with Crippen molar-refractivity contribution in [1.29, 1.82) is 0 Å². The molecule has 2 rings (SSSR count). The van der Waals surface area contributed by atoms with Crippen molar-refractivity contribution in [2.75, 3.05) is 18.8 Å². The fraction of sp³-hybridized carbons (Fsp3) is 0.533. The third-order valence-corrected chi connectivity index (χ3v) is 4.69. The van der Waals surface area contributed by atoms with Crippen LogP contribution >= 0.6 is 23.4 Å². The van der Waals surface area contributed by atoms with E-state index >= 15 is 0 Å². The molecule has 1 fully saturated rings. The molecule has 0 spiro atoms. The summed E-state index contributed by atoms with van der Waals surface area (Å²) in [5.74, 6) is 0.880. The molecule has 20 heavy (non-hydrogen) atoms. The van der Waals surface area contributed by atoms with Crippen molar-refractivity contribution in [3.63, 3.8) is 0 Å². The zero-order valence-corrected chi connectivity index (χ0v) is 13.2. The molecule has 1 atom stereocenters. The molecule has 1 aliphatic heterocycles. The molecule has 1 aliphatic rings. The zero-order valence-electron chi connectivity index (χ0n) is 11.6. The highest BCUT2D eigenvalue weighted by atomic mass is 35.5. The van der Waals surface area contributed by atoms with Crippen molar-refractivity contribution >= 4 is 29.3 Å². The molecule has 0 radical (unpaired) electrons. The van der Waals surface area contributed by atoms with Crippen molar-refractivity contribution in [2.24, 2.45) is 0 Å². The summed E-state index contributed by atoms with van der Waals surface area (Å²) in [6, 6.07) is 7.63. The Morgan fingerprint density at radius 3 is 2.80 bits per heavy atom. The van der Waals surface area contributed by atoms with Gasteiger partial charge in [0.25, 0.3) is 0 Å². The molecule has 1 aromatic rings. The molecule has 0 aromatic heterocycles. The third-order valence-electron chi connectivity index (χ3n) is 3.43. The van der Waals surface area contributed by atoms with E-state index in [1.54, 1.807) is 23.6 Å². The molecule has 1 saturated heterocycles. The van der Waals surface area contributed by atoms with E-state index in [0.29, 0.717) is 13.0 Å². The topological polar surface area (TPSA) is 40.5 Å². The molecule has 1 heterocycles. The number of β-amino-alcohol motifs (C(OH)–C–C–N with tert-alkyl or cyclic N) is 1. The lowest BCUT2D eigenvalue weighted by atomic mass is 9.95. The van der Waals surface area contributed by atoms with Gasteiger partial charge in [0.1, 0.15) is 0 Å². The predicted molar refractivity (Wildman–Crippen MR) is 83.2 cm³/mol. The summed E-state index contributed by atoms with van der Waals surface area (Å²) in [5.41, 5.74) is -0.725. The van der Waals surface area contributed by atoms with Crippen LogP contribution in [0.5, 0.6) is 0 Å². The van der Waals surface area contributed by atoms with Gasteiger partial charge in [0.2, 0.25) is 5.91 Å². The number of carbonyl (C=O) groups is 1. The summed E-state index contributed by atoms with van der Waals surface area (Å²) in [4.78, 5) is 15.0. The Kier molecular flexibility index (Phi) is 5.35. The average molecular weight is 314 g/mol. The molecule has 1 unspecified atom stereocenters. The van der Waals surface area contributed by atoms with Crippen molar-refractivity contribution in [1.82, 2.24) is 4.90 Å². The van der Waals surface area contributed by atoms with E-state index in [1.807, 2.05) is 24.3 Å². The maximum atomic E-state index is 12.1. The second-order valence-corrected chi connectivity index (χ2v) is 7.07. The van der Waals surface area contributed by atoms with Crippen LogP contribution in [0.4, 0.5) is 0 Å². The first-order valence-corrected chi connectivity index (χ1v) is 8.21. The Hall–Kier alpha value is -0.710. The molecule has 0 bridgehead atoms. The number of thioether (sulfide) groups is 1. The van der Waals surface area contributed by atoms with Crippen LogP contribution in [0.1, 0.15) is 26.2 Å². The Bertz CT molecular complexity index is 461. The highest BCUT2D eigenvalue weighted by Gasteiger charge is 2.30. The molecule has 0 saturated carbocycles. The molecular weight excluding hydrogens is 294 g/mol. The standard InChI is InChI=1S/C15H20ClNO2S/c1-15(19)8-2-9-17(11-15)14(18)7-10-20-13-5-3-12(16)4-6-13/h3-6,19H,2,7-11H2,1H3. The van der Waals surface area contributed by atoms with Gasteiger partial charge in [-0.25, -0.2) is 0 Å². The van der Waals surface area contributed by atoms with E-state index in [2.05, 4.69) is 0 Å². The number of aliphatic hydroxyl groups is 1. The first-order chi connectivity index (χ1) is 9.46. The lowest BCUT2D eigenvalue weighted by Gasteiger charge is -2.36. The molecule has 1 N–H and O–H groups in total. The first-order valence-electron chi connectivity index (χ1n) is 6.85. The number of benzene rings is 1. The number of likely N-dealkylation sites (tertiary alicyclic amines) is 1. The summed E-state index contributed by atoms with van der Waals surface area (Å²) >= 11 is 7.48. The maximum Gasteiger partial charge on any atom is 0.223 e. The molecule has 3 nitrogen and oxygen atoms in total. The maximum absolute atomic E-state index is 12.1. The number of carbonyl (C=O) groups excluding carboxylic acids is 1. The van der Waals surface area contributed by atoms with E-state index < -0.39 is 5.60 Å². The van der Waals surface area contributed by atoms with Crippen LogP contribution in [0.15, 0.2) is 29.2 Å². The van der Waals surface area contributed by atoms with E-state index in [0.717, 1.165) is 35.1 Å². The van der Waals surface area contributed by atoms with Crippen LogP contribution in [-0.4, -0.2) is 40.4 Å². The van der Waals surface area contributed by atoms with Gasteiger partial charge < -0.3 is 10.0 Å².